The third-order valence-corrected chi connectivity index (χ3v) is 6.69. The Morgan fingerprint density at radius 3 is 2.58 bits per heavy atom. The van der Waals surface area contributed by atoms with Crippen molar-refractivity contribution in [1.29, 1.82) is 0 Å². The van der Waals surface area contributed by atoms with E-state index in [-0.39, 0.29) is 21.8 Å². The summed E-state index contributed by atoms with van der Waals surface area (Å²) in [5.74, 6) is -0.545. The van der Waals surface area contributed by atoms with Gasteiger partial charge in [-0.1, -0.05) is 23.7 Å². The molecule has 0 fully saturated rings. The van der Waals surface area contributed by atoms with Crippen LogP contribution in [0.3, 0.4) is 0 Å². The van der Waals surface area contributed by atoms with Crippen LogP contribution in [0.4, 0.5) is 17.1 Å². The molecular formula is C22H17ClN4O5S. The monoisotopic (exact) mass is 484 g/mol. The number of benzene rings is 3. The van der Waals surface area contributed by atoms with Crippen LogP contribution in [-0.4, -0.2) is 24.2 Å². The number of fused-ring (bicyclic) bond motifs is 1. The van der Waals surface area contributed by atoms with Crippen LogP contribution in [0.25, 0.3) is 10.9 Å². The van der Waals surface area contributed by atoms with Gasteiger partial charge in [0.2, 0.25) is 0 Å². The van der Waals surface area contributed by atoms with Crippen LogP contribution in [0.2, 0.25) is 5.02 Å². The predicted octanol–water partition coefficient (Wildman–Crippen LogP) is 5.09. The van der Waals surface area contributed by atoms with Gasteiger partial charge in [0, 0.05) is 39.9 Å². The van der Waals surface area contributed by atoms with Gasteiger partial charge in [0.1, 0.15) is 0 Å². The summed E-state index contributed by atoms with van der Waals surface area (Å²) in [7, 11) is -3.96. The molecule has 0 bridgehead atoms. The van der Waals surface area contributed by atoms with Crippen LogP contribution in [0.5, 0.6) is 0 Å². The molecule has 1 heterocycles. The lowest BCUT2D eigenvalue weighted by Crippen LogP contribution is -2.16. The van der Waals surface area contributed by atoms with Gasteiger partial charge in [-0.2, -0.15) is 0 Å². The molecule has 0 unspecified atom stereocenters. The SMILES string of the molecule is Cc1ccc(NC(=O)c2c[nH]c3ccc([N+](=O)[O-])cc23)cc1S(=O)(=O)Nc1cccc(Cl)c1. The summed E-state index contributed by atoms with van der Waals surface area (Å²) >= 11 is 5.93. The zero-order valence-corrected chi connectivity index (χ0v) is 18.7. The van der Waals surface area contributed by atoms with Crippen molar-refractivity contribution in [2.24, 2.45) is 0 Å². The first-order chi connectivity index (χ1) is 15.6. The van der Waals surface area contributed by atoms with Crippen LogP contribution in [0.1, 0.15) is 15.9 Å². The Labute approximate surface area is 193 Å². The van der Waals surface area contributed by atoms with Gasteiger partial charge in [-0.15, -0.1) is 0 Å². The molecule has 0 spiro atoms. The molecule has 0 atom stereocenters. The van der Waals surface area contributed by atoms with E-state index < -0.39 is 20.9 Å². The van der Waals surface area contributed by atoms with E-state index in [1.165, 1.54) is 36.5 Å². The van der Waals surface area contributed by atoms with E-state index in [2.05, 4.69) is 15.0 Å². The van der Waals surface area contributed by atoms with Crippen LogP contribution in [0.15, 0.2) is 71.8 Å². The number of halogens is 1. The third kappa shape index (κ3) is 4.66. The summed E-state index contributed by atoms with van der Waals surface area (Å²) in [6.07, 6.45) is 1.44. The fourth-order valence-electron chi connectivity index (χ4n) is 3.34. The Morgan fingerprint density at radius 2 is 1.85 bits per heavy atom. The van der Waals surface area contributed by atoms with Gasteiger partial charge >= 0.3 is 0 Å². The van der Waals surface area contributed by atoms with Gasteiger partial charge in [0.05, 0.1) is 21.1 Å². The van der Waals surface area contributed by atoms with E-state index in [0.29, 0.717) is 27.2 Å². The zero-order valence-electron chi connectivity index (χ0n) is 17.1. The number of amides is 1. The molecule has 0 aliphatic rings. The highest BCUT2D eigenvalue weighted by Gasteiger charge is 2.20. The lowest BCUT2D eigenvalue weighted by Gasteiger charge is -2.13. The summed E-state index contributed by atoms with van der Waals surface area (Å²) in [4.78, 5) is 26.3. The number of rotatable bonds is 6. The number of anilines is 2. The van der Waals surface area contributed by atoms with Crippen molar-refractivity contribution in [3.05, 3.63) is 93.1 Å². The van der Waals surface area contributed by atoms with Gasteiger partial charge in [-0.3, -0.25) is 19.6 Å². The molecule has 1 aromatic heterocycles. The summed E-state index contributed by atoms with van der Waals surface area (Å²) in [5.41, 5.74) is 1.63. The second-order valence-corrected chi connectivity index (χ2v) is 9.33. The van der Waals surface area contributed by atoms with E-state index in [0.717, 1.165) is 0 Å². The Hall–Kier alpha value is -3.89. The molecule has 3 aromatic carbocycles. The van der Waals surface area contributed by atoms with Crippen LogP contribution in [0, 0.1) is 17.0 Å². The summed E-state index contributed by atoms with van der Waals surface area (Å²) < 4.78 is 28.4. The molecule has 0 saturated heterocycles. The van der Waals surface area contributed by atoms with Gasteiger partial charge in [-0.25, -0.2) is 8.42 Å². The lowest BCUT2D eigenvalue weighted by atomic mass is 10.1. The number of nitrogens with zero attached hydrogens (tertiary/aromatic N) is 1. The summed E-state index contributed by atoms with van der Waals surface area (Å²) in [6.45, 7) is 1.64. The van der Waals surface area contributed by atoms with Crippen LogP contribution < -0.4 is 10.0 Å². The highest BCUT2D eigenvalue weighted by atomic mass is 35.5. The molecule has 0 aliphatic carbocycles. The lowest BCUT2D eigenvalue weighted by molar-refractivity contribution is -0.384. The highest BCUT2D eigenvalue weighted by Crippen LogP contribution is 2.27. The number of hydrogen-bond acceptors (Lipinski definition) is 5. The average Bonchev–Trinajstić information content (AvgIpc) is 3.18. The fraction of sp³-hybridized carbons (Fsp3) is 0.0455. The number of non-ortho nitro benzene ring substituents is 1. The van der Waals surface area contributed by atoms with Crippen molar-refractivity contribution in [2.45, 2.75) is 11.8 Å². The van der Waals surface area contributed by atoms with Crippen molar-refractivity contribution in [3.8, 4) is 0 Å². The van der Waals surface area contributed by atoms with E-state index >= 15 is 0 Å². The standard InChI is InChI=1S/C22H17ClN4O5S/c1-13-5-6-15(10-21(13)33(31,32)26-16-4-2-3-14(23)9-16)25-22(28)19-12-24-20-8-7-17(27(29)30)11-18(19)20/h2-12,24,26H,1H3,(H,25,28). The number of sulfonamides is 1. The second kappa shape index (κ2) is 8.57. The first kappa shape index (κ1) is 22.3. The Kier molecular flexibility index (Phi) is 5.79. The molecule has 4 rings (SSSR count). The Morgan fingerprint density at radius 1 is 1.06 bits per heavy atom. The van der Waals surface area contributed by atoms with Gasteiger partial charge in [0.25, 0.3) is 21.6 Å². The number of H-pyrrole nitrogens is 1. The number of carbonyl (C=O) groups is 1. The maximum atomic E-state index is 12.9. The average molecular weight is 485 g/mol. The topological polar surface area (TPSA) is 134 Å². The Balaban J connectivity index is 1.63. The maximum Gasteiger partial charge on any atom is 0.270 e. The molecule has 9 nitrogen and oxygen atoms in total. The maximum absolute atomic E-state index is 12.9. The number of aromatic nitrogens is 1. The molecule has 1 amide bonds. The van der Waals surface area contributed by atoms with E-state index in [1.54, 1.807) is 37.3 Å². The van der Waals surface area contributed by atoms with Crippen molar-refractivity contribution < 1.29 is 18.1 Å². The largest absolute Gasteiger partial charge is 0.360 e. The van der Waals surface area contributed by atoms with Gasteiger partial charge in [0.15, 0.2) is 0 Å². The van der Waals surface area contributed by atoms with Crippen molar-refractivity contribution in [2.75, 3.05) is 10.0 Å². The quantitative estimate of drug-likeness (QED) is 0.259. The first-order valence-electron chi connectivity index (χ1n) is 9.60. The summed E-state index contributed by atoms with van der Waals surface area (Å²) in [6, 6.07) is 14.9. The number of aryl methyl sites for hydroxylation is 1. The van der Waals surface area contributed by atoms with Crippen molar-refractivity contribution in [3.63, 3.8) is 0 Å². The normalized spacial score (nSPS) is 11.3. The van der Waals surface area contributed by atoms with Gasteiger partial charge < -0.3 is 10.3 Å². The van der Waals surface area contributed by atoms with Crippen LogP contribution >= 0.6 is 11.6 Å². The number of aromatic amines is 1. The number of carbonyl (C=O) groups excluding carboxylic acids is 1. The van der Waals surface area contributed by atoms with Crippen LogP contribution in [-0.2, 0) is 10.0 Å². The predicted molar refractivity (Wildman–Crippen MR) is 126 cm³/mol. The summed E-state index contributed by atoms with van der Waals surface area (Å²) in [5, 5.41) is 14.5. The van der Waals surface area contributed by atoms with Crippen molar-refractivity contribution >= 4 is 55.5 Å². The first-order valence-corrected chi connectivity index (χ1v) is 11.5. The Bertz CT molecular complexity index is 1510. The number of nitro benzene ring substituents is 1. The molecule has 3 N–H and O–H groups in total. The third-order valence-electron chi connectivity index (χ3n) is 4.93. The molecule has 168 valence electrons. The molecule has 0 saturated carbocycles. The molecule has 4 aromatic rings. The molecule has 33 heavy (non-hydrogen) atoms. The van der Waals surface area contributed by atoms with Gasteiger partial charge in [-0.05, 0) is 48.9 Å². The smallest absolute Gasteiger partial charge is 0.270 e. The molecule has 0 radical (unpaired) electrons. The van der Waals surface area contributed by atoms with Crippen molar-refractivity contribution in [1.82, 2.24) is 4.98 Å². The minimum absolute atomic E-state index is 0.0187. The minimum Gasteiger partial charge on any atom is -0.360 e. The van der Waals surface area contributed by atoms with E-state index in [4.69, 9.17) is 11.6 Å². The fourth-order valence-corrected chi connectivity index (χ4v) is 4.85. The molecule has 11 heteroatoms. The minimum atomic E-state index is -3.96. The number of nitro groups is 1. The number of hydrogen-bond donors (Lipinski definition) is 3. The molecule has 0 aliphatic heterocycles. The molecular weight excluding hydrogens is 468 g/mol. The second-order valence-electron chi connectivity index (χ2n) is 7.24. The number of nitrogens with one attached hydrogen (secondary N) is 3. The van der Waals surface area contributed by atoms with E-state index in [1.807, 2.05) is 0 Å². The highest BCUT2D eigenvalue weighted by molar-refractivity contribution is 7.92. The van der Waals surface area contributed by atoms with E-state index in [9.17, 15) is 23.3 Å². The zero-order chi connectivity index (χ0) is 23.8.